The maximum Gasteiger partial charge on any atom is 0.162 e. The molecule has 0 unspecified atom stereocenters. The Morgan fingerprint density at radius 3 is 1.93 bits per heavy atom. The van der Waals surface area contributed by atoms with Crippen molar-refractivity contribution in [2.45, 2.75) is 26.7 Å². The number of benzene rings is 3. The minimum Gasteiger partial charge on any atom is -0.340 e. The normalized spacial score (nSPS) is 13.6. The fourth-order valence-electron chi connectivity index (χ4n) is 3.18. The molecule has 4 heteroatoms. The van der Waals surface area contributed by atoms with Crippen LogP contribution in [0.25, 0.3) is 0 Å². The molecule has 1 heterocycles. The van der Waals surface area contributed by atoms with Gasteiger partial charge in [-0.15, -0.1) is 12.4 Å². The van der Waals surface area contributed by atoms with Crippen LogP contribution in [-0.2, 0) is 12.8 Å². The van der Waals surface area contributed by atoms with Crippen LogP contribution in [0.3, 0.4) is 0 Å². The highest BCUT2D eigenvalue weighted by molar-refractivity contribution is 6.26. The maximum absolute atomic E-state index is 4.79. The summed E-state index contributed by atoms with van der Waals surface area (Å²) in [4.78, 5) is 9.57. The first-order valence-corrected chi connectivity index (χ1v) is 9.49. The quantitative estimate of drug-likeness (QED) is 0.568. The van der Waals surface area contributed by atoms with E-state index in [1.54, 1.807) is 0 Å². The van der Waals surface area contributed by atoms with Crippen LogP contribution >= 0.6 is 12.4 Å². The van der Waals surface area contributed by atoms with Crippen molar-refractivity contribution in [3.63, 3.8) is 0 Å². The van der Waals surface area contributed by atoms with Gasteiger partial charge in [-0.2, -0.15) is 0 Å². The molecular weight excluding hydrogens is 366 g/mol. The second-order valence-corrected chi connectivity index (χ2v) is 6.64. The molecule has 0 aromatic heterocycles. The van der Waals surface area contributed by atoms with Crippen molar-refractivity contribution in [2.75, 3.05) is 5.32 Å². The highest BCUT2D eigenvalue weighted by atomic mass is 35.5. The molecule has 1 aliphatic heterocycles. The summed E-state index contributed by atoms with van der Waals surface area (Å²) in [6.45, 7) is 4.32. The fraction of sp³-hybridized carbons (Fsp3) is 0.167. The van der Waals surface area contributed by atoms with E-state index in [0.29, 0.717) is 0 Å². The smallest absolute Gasteiger partial charge is 0.162 e. The van der Waals surface area contributed by atoms with Gasteiger partial charge in [-0.1, -0.05) is 62.4 Å². The lowest BCUT2D eigenvalue weighted by atomic mass is 10.1. The lowest BCUT2D eigenvalue weighted by Crippen LogP contribution is -2.11. The van der Waals surface area contributed by atoms with Crippen molar-refractivity contribution in [3.05, 3.63) is 95.1 Å². The predicted octanol–water partition coefficient (Wildman–Crippen LogP) is 6.18. The molecule has 0 spiro atoms. The van der Waals surface area contributed by atoms with Crippen molar-refractivity contribution in [2.24, 2.45) is 9.98 Å². The van der Waals surface area contributed by atoms with Crippen LogP contribution in [0.4, 0.5) is 11.4 Å². The largest absolute Gasteiger partial charge is 0.340 e. The lowest BCUT2D eigenvalue weighted by Gasteiger charge is -2.07. The molecule has 0 aliphatic carbocycles. The first-order valence-electron chi connectivity index (χ1n) is 9.49. The summed E-state index contributed by atoms with van der Waals surface area (Å²) in [5.41, 5.74) is 6.74. The van der Waals surface area contributed by atoms with E-state index in [1.807, 2.05) is 12.1 Å². The molecule has 3 aromatic carbocycles. The topological polar surface area (TPSA) is 36.8 Å². The molecule has 1 aliphatic rings. The number of nitrogens with zero attached hydrogens (tertiary/aromatic N) is 2. The number of nitrogens with one attached hydrogen (secondary N) is 1. The van der Waals surface area contributed by atoms with Gasteiger partial charge >= 0.3 is 0 Å². The number of anilines is 1. The van der Waals surface area contributed by atoms with Gasteiger partial charge in [0.15, 0.2) is 5.84 Å². The van der Waals surface area contributed by atoms with Crippen molar-refractivity contribution in [1.82, 2.24) is 0 Å². The molecule has 0 saturated carbocycles. The number of amidine groups is 2. The van der Waals surface area contributed by atoms with Crippen molar-refractivity contribution in [1.29, 1.82) is 0 Å². The zero-order chi connectivity index (χ0) is 18.6. The summed E-state index contributed by atoms with van der Waals surface area (Å²) in [6.07, 6.45) is 2.07. The van der Waals surface area contributed by atoms with E-state index in [9.17, 15) is 0 Å². The molecule has 0 radical (unpaired) electrons. The zero-order valence-electron chi connectivity index (χ0n) is 16.1. The van der Waals surface area contributed by atoms with Gasteiger partial charge in [0.2, 0.25) is 0 Å². The first kappa shape index (κ1) is 19.8. The fourth-order valence-corrected chi connectivity index (χ4v) is 3.18. The monoisotopic (exact) mass is 389 g/mol. The van der Waals surface area contributed by atoms with Crippen molar-refractivity contribution in [3.8, 4) is 0 Å². The Labute approximate surface area is 172 Å². The molecule has 142 valence electrons. The van der Waals surface area contributed by atoms with Crippen LogP contribution in [0.1, 0.15) is 36.1 Å². The Hall–Kier alpha value is -2.91. The first-order chi connectivity index (χ1) is 13.3. The minimum atomic E-state index is 0. The average molecular weight is 390 g/mol. The Bertz CT molecular complexity index is 1000. The van der Waals surface area contributed by atoms with Gasteiger partial charge in [-0.3, -0.25) is 0 Å². The molecule has 28 heavy (non-hydrogen) atoms. The van der Waals surface area contributed by atoms with Crippen LogP contribution in [0, 0.1) is 0 Å². The Morgan fingerprint density at radius 1 is 0.750 bits per heavy atom. The molecule has 0 fully saturated rings. The minimum absolute atomic E-state index is 0. The van der Waals surface area contributed by atoms with E-state index in [4.69, 9.17) is 9.98 Å². The van der Waals surface area contributed by atoms with Crippen LogP contribution in [0.2, 0.25) is 0 Å². The van der Waals surface area contributed by atoms with Crippen LogP contribution < -0.4 is 5.32 Å². The molecule has 0 amide bonds. The molecule has 4 rings (SSSR count). The van der Waals surface area contributed by atoms with Gasteiger partial charge in [0, 0.05) is 16.8 Å². The van der Waals surface area contributed by atoms with E-state index in [-0.39, 0.29) is 12.4 Å². The molecule has 0 saturated heterocycles. The predicted molar refractivity (Wildman–Crippen MR) is 122 cm³/mol. The van der Waals surface area contributed by atoms with Gasteiger partial charge in [-0.25, -0.2) is 9.98 Å². The molecule has 3 nitrogen and oxygen atoms in total. The number of aliphatic imine (C=N–C) groups is 2. The highest BCUT2D eigenvalue weighted by Gasteiger charge is 2.21. The van der Waals surface area contributed by atoms with Gasteiger partial charge in [0.25, 0.3) is 0 Å². The van der Waals surface area contributed by atoms with Crippen LogP contribution in [0.15, 0.2) is 82.8 Å². The average Bonchev–Trinajstić information content (AvgIpc) is 3.06. The van der Waals surface area contributed by atoms with E-state index < -0.39 is 0 Å². The summed E-state index contributed by atoms with van der Waals surface area (Å²) in [7, 11) is 0. The highest BCUT2D eigenvalue weighted by Crippen LogP contribution is 2.24. The third kappa shape index (κ3) is 4.15. The molecule has 3 aromatic rings. The van der Waals surface area contributed by atoms with Gasteiger partial charge in [-0.05, 0) is 48.2 Å². The maximum atomic E-state index is 4.79. The third-order valence-corrected chi connectivity index (χ3v) is 4.85. The second kappa shape index (κ2) is 8.85. The molecular formula is C24H24ClN3. The molecule has 0 bridgehead atoms. The number of halogens is 1. The third-order valence-electron chi connectivity index (χ3n) is 4.85. The Balaban J connectivity index is 0.00000225. The SMILES string of the molecule is CCc1ccc(N=C2N=C(Nc3ccc(CC)cc3)c3ccccc32)cc1.Cl. The Kier molecular flexibility index (Phi) is 6.27. The van der Waals surface area contributed by atoms with E-state index >= 15 is 0 Å². The number of aryl methyl sites for hydroxylation is 2. The Morgan fingerprint density at radius 2 is 1.32 bits per heavy atom. The van der Waals surface area contributed by atoms with Crippen LogP contribution in [-0.4, -0.2) is 11.7 Å². The van der Waals surface area contributed by atoms with Crippen molar-refractivity contribution < 1.29 is 0 Å². The van der Waals surface area contributed by atoms with Gasteiger partial charge in [0.1, 0.15) is 5.84 Å². The number of hydrogen-bond donors (Lipinski definition) is 1. The van der Waals surface area contributed by atoms with E-state index in [2.05, 4.69) is 79.8 Å². The summed E-state index contributed by atoms with van der Waals surface area (Å²) in [5.74, 6) is 1.60. The van der Waals surface area contributed by atoms with Gasteiger partial charge in [0.05, 0.1) is 5.69 Å². The van der Waals surface area contributed by atoms with Crippen molar-refractivity contribution >= 4 is 35.5 Å². The number of hydrogen-bond acceptors (Lipinski definition) is 2. The summed E-state index contributed by atoms with van der Waals surface area (Å²) < 4.78 is 0. The van der Waals surface area contributed by atoms with E-state index in [1.165, 1.54) is 11.1 Å². The lowest BCUT2D eigenvalue weighted by molar-refractivity contribution is 1.14. The molecule has 1 N–H and O–H groups in total. The number of fused-ring (bicyclic) bond motifs is 1. The second-order valence-electron chi connectivity index (χ2n) is 6.64. The van der Waals surface area contributed by atoms with Crippen LogP contribution in [0.5, 0.6) is 0 Å². The van der Waals surface area contributed by atoms with Gasteiger partial charge < -0.3 is 5.32 Å². The summed E-state index contributed by atoms with van der Waals surface area (Å²) in [5, 5.41) is 3.45. The standard InChI is InChI=1S/C24H23N3.ClH/c1-3-17-9-13-19(14-10-17)25-23-21-7-5-6-8-22(21)24(27-23)26-20-15-11-18(4-2)12-16-20;/h5-16H,3-4H2,1-2H3,(H,25,26,27);1H. The van der Waals surface area contributed by atoms with E-state index in [0.717, 1.165) is 47.0 Å². The summed E-state index contributed by atoms with van der Waals surface area (Å²) in [6, 6.07) is 25.1. The zero-order valence-corrected chi connectivity index (χ0v) is 17.0. The number of rotatable bonds is 4. The molecule has 0 atom stereocenters. The summed E-state index contributed by atoms with van der Waals surface area (Å²) >= 11 is 0.